The van der Waals surface area contributed by atoms with Gasteiger partial charge in [0, 0.05) is 35.6 Å². The van der Waals surface area contributed by atoms with Gasteiger partial charge in [-0.15, -0.1) is 0 Å². The number of nitrogens with zero attached hydrogens (tertiary/aromatic N) is 5. The molecule has 4 aromatic rings. The second-order valence-corrected chi connectivity index (χ2v) is 9.23. The quantitative estimate of drug-likeness (QED) is 0.507. The molecular weight excluding hydrogens is 390 g/mol. The summed E-state index contributed by atoms with van der Waals surface area (Å²) in [6, 6.07) is 6.32. The zero-order valence-corrected chi connectivity index (χ0v) is 18.5. The first-order valence-electron chi connectivity index (χ1n) is 10.8. The first-order chi connectivity index (χ1) is 14.9. The Morgan fingerprint density at radius 3 is 2.68 bits per heavy atom. The second kappa shape index (κ2) is 7.53. The summed E-state index contributed by atoms with van der Waals surface area (Å²) in [7, 11) is 1.67. The minimum Gasteiger partial charge on any atom is -0.497 e. The number of anilines is 2. The van der Waals surface area contributed by atoms with Crippen LogP contribution in [-0.4, -0.2) is 55.6 Å². The SMILES string of the molecule is COc1ccc2nc(Nc3cnn(C4CCN(C(C)(C)C)CC4)c3)c3[nH]ncc3c2c1. The van der Waals surface area contributed by atoms with Crippen LogP contribution in [0.4, 0.5) is 11.5 Å². The lowest BCUT2D eigenvalue weighted by Gasteiger charge is -2.40. The summed E-state index contributed by atoms with van der Waals surface area (Å²) in [6.45, 7) is 9.05. The molecule has 1 aliphatic heterocycles. The van der Waals surface area contributed by atoms with E-state index >= 15 is 0 Å². The van der Waals surface area contributed by atoms with Gasteiger partial charge in [0.25, 0.3) is 0 Å². The van der Waals surface area contributed by atoms with Crippen molar-refractivity contribution in [2.75, 3.05) is 25.5 Å². The van der Waals surface area contributed by atoms with Crippen molar-refractivity contribution in [1.82, 2.24) is 29.9 Å². The van der Waals surface area contributed by atoms with Gasteiger partial charge in [0.1, 0.15) is 11.3 Å². The highest BCUT2D eigenvalue weighted by Gasteiger charge is 2.28. The van der Waals surface area contributed by atoms with E-state index in [4.69, 9.17) is 9.72 Å². The number of hydrogen-bond donors (Lipinski definition) is 2. The lowest BCUT2D eigenvalue weighted by atomic mass is 9.98. The Kier molecular flexibility index (Phi) is 4.81. The molecule has 2 N–H and O–H groups in total. The number of nitrogens with one attached hydrogen (secondary N) is 2. The normalized spacial score (nSPS) is 16.3. The Bertz CT molecular complexity index is 1210. The lowest BCUT2D eigenvalue weighted by Crippen LogP contribution is -2.46. The highest BCUT2D eigenvalue weighted by molar-refractivity contribution is 6.09. The predicted octanol–water partition coefficient (Wildman–Crippen LogP) is 4.50. The summed E-state index contributed by atoms with van der Waals surface area (Å²) in [6.07, 6.45) is 8.01. The van der Waals surface area contributed by atoms with Crippen LogP contribution in [0.2, 0.25) is 0 Å². The number of benzene rings is 1. The van der Waals surface area contributed by atoms with Crippen molar-refractivity contribution in [2.24, 2.45) is 0 Å². The molecule has 8 nitrogen and oxygen atoms in total. The fourth-order valence-electron chi connectivity index (χ4n) is 4.43. The number of pyridine rings is 1. The molecule has 0 aliphatic carbocycles. The van der Waals surface area contributed by atoms with Gasteiger partial charge in [-0.3, -0.25) is 14.7 Å². The minimum absolute atomic E-state index is 0.225. The number of hydrogen-bond acceptors (Lipinski definition) is 6. The molecule has 1 aliphatic rings. The standard InChI is InChI=1S/C23H29N7O/c1-23(2,3)29-9-7-16(8-10-29)30-14-15(12-25-30)26-22-21-19(13-24-28-21)18-11-17(31-4)5-6-20(18)27-22/h5-6,11-14,16H,7-10H2,1-4H3,(H,24,28)(H,26,27). The van der Waals surface area contributed by atoms with Crippen LogP contribution in [0.1, 0.15) is 39.7 Å². The van der Waals surface area contributed by atoms with Crippen LogP contribution in [0.15, 0.2) is 36.8 Å². The third kappa shape index (κ3) is 3.72. The van der Waals surface area contributed by atoms with Gasteiger partial charge in [-0.2, -0.15) is 10.2 Å². The highest BCUT2D eigenvalue weighted by atomic mass is 16.5. The van der Waals surface area contributed by atoms with Gasteiger partial charge in [-0.05, 0) is 51.8 Å². The molecule has 0 spiro atoms. The molecule has 162 valence electrons. The van der Waals surface area contributed by atoms with Crippen LogP contribution in [0.3, 0.4) is 0 Å². The van der Waals surface area contributed by atoms with E-state index in [1.165, 1.54) is 0 Å². The highest BCUT2D eigenvalue weighted by Crippen LogP contribution is 2.32. The Morgan fingerprint density at radius 2 is 1.94 bits per heavy atom. The van der Waals surface area contributed by atoms with E-state index in [0.717, 1.165) is 65.0 Å². The Hall–Kier alpha value is -3.13. The Labute approximate surface area is 181 Å². The fourth-order valence-corrected chi connectivity index (χ4v) is 4.43. The monoisotopic (exact) mass is 419 g/mol. The lowest BCUT2D eigenvalue weighted by molar-refractivity contribution is 0.0870. The molecule has 1 saturated heterocycles. The first kappa shape index (κ1) is 19.8. The van der Waals surface area contributed by atoms with Gasteiger partial charge in [0.15, 0.2) is 5.82 Å². The van der Waals surface area contributed by atoms with E-state index in [9.17, 15) is 0 Å². The van der Waals surface area contributed by atoms with Crippen molar-refractivity contribution in [3.8, 4) is 5.75 Å². The average molecular weight is 420 g/mol. The molecule has 0 radical (unpaired) electrons. The summed E-state index contributed by atoms with van der Waals surface area (Å²) in [4.78, 5) is 7.37. The summed E-state index contributed by atoms with van der Waals surface area (Å²) >= 11 is 0. The van der Waals surface area contributed by atoms with Crippen LogP contribution in [0.25, 0.3) is 21.8 Å². The Balaban J connectivity index is 1.39. The Morgan fingerprint density at radius 1 is 1.13 bits per heavy atom. The fraction of sp³-hybridized carbons (Fsp3) is 0.435. The van der Waals surface area contributed by atoms with E-state index < -0.39 is 0 Å². The molecule has 0 unspecified atom stereocenters. The van der Waals surface area contributed by atoms with Gasteiger partial charge >= 0.3 is 0 Å². The molecule has 0 atom stereocenters. The largest absolute Gasteiger partial charge is 0.497 e. The van der Waals surface area contributed by atoms with Crippen molar-refractivity contribution >= 4 is 33.3 Å². The summed E-state index contributed by atoms with van der Waals surface area (Å²) in [5, 5.41) is 17.4. The molecule has 5 rings (SSSR count). The number of fused-ring (bicyclic) bond motifs is 3. The number of ether oxygens (including phenoxy) is 1. The summed E-state index contributed by atoms with van der Waals surface area (Å²) in [5.74, 6) is 1.54. The van der Waals surface area contributed by atoms with Gasteiger partial charge in [-0.1, -0.05) is 0 Å². The maximum absolute atomic E-state index is 5.37. The van der Waals surface area contributed by atoms with Crippen molar-refractivity contribution in [1.29, 1.82) is 0 Å². The molecule has 1 fully saturated rings. The molecule has 4 heterocycles. The van der Waals surface area contributed by atoms with E-state index in [1.54, 1.807) is 7.11 Å². The molecule has 3 aromatic heterocycles. The van der Waals surface area contributed by atoms with E-state index in [0.29, 0.717) is 6.04 Å². The summed E-state index contributed by atoms with van der Waals surface area (Å²) in [5.41, 5.74) is 2.91. The molecular formula is C23H29N7O. The third-order valence-electron chi connectivity index (χ3n) is 6.25. The average Bonchev–Trinajstić information content (AvgIpc) is 3.43. The number of piperidine rings is 1. The van der Waals surface area contributed by atoms with Crippen molar-refractivity contribution < 1.29 is 4.74 Å². The smallest absolute Gasteiger partial charge is 0.157 e. The topological polar surface area (TPSA) is 83.9 Å². The zero-order chi connectivity index (χ0) is 21.6. The minimum atomic E-state index is 0.225. The van der Waals surface area contributed by atoms with Crippen LogP contribution < -0.4 is 10.1 Å². The van der Waals surface area contributed by atoms with Gasteiger partial charge < -0.3 is 10.1 Å². The number of aromatic nitrogens is 5. The van der Waals surface area contributed by atoms with Crippen LogP contribution in [-0.2, 0) is 0 Å². The molecule has 0 saturated carbocycles. The third-order valence-corrected chi connectivity index (χ3v) is 6.25. The maximum atomic E-state index is 5.37. The van der Waals surface area contributed by atoms with Crippen LogP contribution in [0, 0.1) is 0 Å². The molecule has 8 heteroatoms. The molecule has 1 aromatic carbocycles. The van der Waals surface area contributed by atoms with E-state index in [-0.39, 0.29) is 5.54 Å². The summed E-state index contributed by atoms with van der Waals surface area (Å²) < 4.78 is 7.47. The molecule has 0 bridgehead atoms. The van der Waals surface area contributed by atoms with E-state index in [2.05, 4.69) is 57.2 Å². The van der Waals surface area contributed by atoms with Crippen molar-refractivity contribution in [3.63, 3.8) is 0 Å². The number of H-pyrrole nitrogens is 1. The predicted molar refractivity (Wildman–Crippen MR) is 123 cm³/mol. The number of rotatable bonds is 4. The van der Waals surface area contributed by atoms with Crippen LogP contribution >= 0.6 is 0 Å². The number of aromatic amines is 1. The second-order valence-electron chi connectivity index (χ2n) is 9.23. The zero-order valence-electron chi connectivity index (χ0n) is 18.5. The first-order valence-corrected chi connectivity index (χ1v) is 10.8. The molecule has 31 heavy (non-hydrogen) atoms. The van der Waals surface area contributed by atoms with Crippen molar-refractivity contribution in [2.45, 2.75) is 45.2 Å². The van der Waals surface area contributed by atoms with E-state index in [1.807, 2.05) is 30.6 Å². The van der Waals surface area contributed by atoms with Gasteiger partial charge in [-0.25, -0.2) is 4.98 Å². The maximum Gasteiger partial charge on any atom is 0.157 e. The van der Waals surface area contributed by atoms with Gasteiger partial charge in [0.05, 0.1) is 36.7 Å². The van der Waals surface area contributed by atoms with Crippen molar-refractivity contribution in [3.05, 3.63) is 36.8 Å². The molecule has 0 amide bonds. The van der Waals surface area contributed by atoms with Gasteiger partial charge in [0.2, 0.25) is 0 Å². The van der Waals surface area contributed by atoms with Crippen LogP contribution in [0.5, 0.6) is 5.75 Å². The number of methoxy groups -OCH3 is 1. The number of likely N-dealkylation sites (tertiary alicyclic amines) is 1.